The van der Waals surface area contributed by atoms with Crippen molar-refractivity contribution in [1.29, 1.82) is 0 Å². The highest BCUT2D eigenvalue weighted by atomic mass is 16.2. The Hall–Kier alpha value is -3.26. The Labute approximate surface area is 198 Å². The van der Waals surface area contributed by atoms with E-state index in [1.165, 1.54) is 0 Å². The van der Waals surface area contributed by atoms with E-state index in [4.69, 9.17) is 0 Å². The van der Waals surface area contributed by atoms with Gasteiger partial charge in [0.2, 0.25) is 5.91 Å². The number of nitrogens with one attached hydrogen (secondary N) is 1. The van der Waals surface area contributed by atoms with Gasteiger partial charge in [0.15, 0.2) is 0 Å². The number of amides is 3. The fraction of sp³-hybridized carbons (Fsp3) is 0.462. The average Bonchev–Trinajstić information content (AvgIpc) is 3.52. The molecule has 6 rings (SSSR count). The zero-order chi connectivity index (χ0) is 23.3. The fourth-order valence-corrected chi connectivity index (χ4v) is 6.60. The predicted molar refractivity (Wildman–Crippen MR) is 126 cm³/mol. The average molecular weight is 460 g/mol. The number of rotatable bonds is 1. The van der Waals surface area contributed by atoms with Crippen LogP contribution < -0.4 is 10.2 Å². The first-order chi connectivity index (χ1) is 16.6. The zero-order valence-corrected chi connectivity index (χ0v) is 19.2. The maximum Gasteiger partial charge on any atom is 0.254 e. The van der Waals surface area contributed by atoms with Crippen LogP contribution in [0, 0.1) is 5.92 Å². The Morgan fingerprint density at radius 2 is 1.82 bits per heavy atom. The third-order valence-electron chi connectivity index (χ3n) is 8.05. The first-order valence-electron chi connectivity index (χ1n) is 12.3. The molecule has 2 aromatic rings. The molecule has 4 aliphatic rings. The Kier molecular flexibility index (Phi) is 5.13. The van der Waals surface area contributed by atoms with Gasteiger partial charge >= 0.3 is 0 Å². The van der Waals surface area contributed by atoms with Gasteiger partial charge in [-0.15, -0.1) is 0 Å². The molecule has 8 nitrogen and oxygen atoms in total. The largest absolute Gasteiger partial charge is 0.356 e. The van der Waals surface area contributed by atoms with E-state index < -0.39 is 11.5 Å². The Bertz CT molecular complexity index is 1140. The highest BCUT2D eigenvalue weighted by Gasteiger charge is 2.67. The summed E-state index contributed by atoms with van der Waals surface area (Å²) in [6.07, 6.45) is 6.67. The Morgan fingerprint density at radius 1 is 1.00 bits per heavy atom. The summed E-state index contributed by atoms with van der Waals surface area (Å²) in [4.78, 5) is 51.0. The first-order valence-corrected chi connectivity index (χ1v) is 12.3. The second-order valence-corrected chi connectivity index (χ2v) is 9.69. The number of carbonyl (C=O) groups is 3. The van der Waals surface area contributed by atoms with Gasteiger partial charge in [0.25, 0.3) is 11.8 Å². The molecular weight excluding hydrogens is 430 g/mol. The third kappa shape index (κ3) is 3.01. The third-order valence-corrected chi connectivity index (χ3v) is 8.05. The molecule has 3 amide bonds. The van der Waals surface area contributed by atoms with Crippen molar-refractivity contribution in [3.8, 4) is 0 Å². The van der Waals surface area contributed by atoms with Crippen LogP contribution in [0.25, 0.3) is 0 Å². The highest BCUT2D eigenvalue weighted by Crippen LogP contribution is 2.56. The van der Waals surface area contributed by atoms with Crippen LogP contribution in [0.1, 0.15) is 41.6 Å². The molecule has 3 fully saturated rings. The number of nitrogens with zero attached hydrogens (tertiary/aromatic N) is 4. The van der Waals surface area contributed by atoms with Gasteiger partial charge < -0.3 is 15.1 Å². The molecule has 1 aromatic carbocycles. The van der Waals surface area contributed by atoms with Gasteiger partial charge in [-0.05, 0) is 50.4 Å². The van der Waals surface area contributed by atoms with E-state index >= 15 is 0 Å². The van der Waals surface area contributed by atoms with Gasteiger partial charge in [-0.1, -0.05) is 18.2 Å². The van der Waals surface area contributed by atoms with Crippen LogP contribution in [0.15, 0.2) is 48.8 Å². The molecule has 176 valence electrons. The lowest BCUT2D eigenvalue weighted by Gasteiger charge is -2.38. The predicted octanol–water partition coefficient (Wildman–Crippen LogP) is 1.77. The van der Waals surface area contributed by atoms with Crippen LogP contribution in [-0.4, -0.2) is 71.3 Å². The standard InChI is InChI=1S/C26H29N5O3/c32-23-21-17-19-5-3-14-31(19)26(21)20-6-1-2-7-22(20)30(25(26)34)16-15-29(13-4-10-28-23)24(33)18-8-11-27-12-9-18/h1-2,6-9,11-12,19,21H,3-5,10,13-17H2,(H,28,32)/t19-,21+,26+/m0/s1. The molecule has 34 heavy (non-hydrogen) atoms. The number of hydrogen-bond acceptors (Lipinski definition) is 5. The van der Waals surface area contributed by atoms with Crippen molar-refractivity contribution in [1.82, 2.24) is 20.1 Å². The molecule has 0 unspecified atom stereocenters. The van der Waals surface area contributed by atoms with Gasteiger partial charge in [-0.2, -0.15) is 0 Å². The van der Waals surface area contributed by atoms with Gasteiger partial charge in [0, 0.05) is 61.4 Å². The molecule has 1 N–H and O–H groups in total. The topological polar surface area (TPSA) is 85.9 Å². The molecule has 1 aromatic heterocycles. The molecule has 5 heterocycles. The number of aromatic nitrogens is 1. The van der Waals surface area contributed by atoms with Crippen molar-refractivity contribution in [3.05, 3.63) is 59.9 Å². The molecule has 1 spiro atoms. The minimum atomic E-state index is -0.943. The summed E-state index contributed by atoms with van der Waals surface area (Å²) in [6.45, 7) is 2.65. The van der Waals surface area contributed by atoms with Gasteiger partial charge in [-0.3, -0.25) is 24.3 Å². The van der Waals surface area contributed by atoms with Crippen molar-refractivity contribution in [2.75, 3.05) is 37.6 Å². The summed E-state index contributed by atoms with van der Waals surface area (Å²) < 4.78 is 0. The lowest BCUT2D eigenvalue weighted by atomic mass is 9.78. The van der Waals surface area contributed by atoms with Crippen LogP contribution in [-0.2, 0) is 15.1 Å². The number of pyridine rings is 1. The molecule has 4 aliphatic heterocycles. The van der Waals surface area contributed by atoms with E-state index in [9.17, 15) is 14.4 Å². The Balaban J connectivity index is 1.40. The van der Waals surface area contributed by atoms with Crippen LogP contribution in [0.5, 0.6) is 0 Å². The minimum Gasteiger partial charge on any atom is -0.356 e. The highest BCUT2D eigenvalue weighted by molar-refractivity contribution is 6.11. The van der Waals surface area contributed by atoms with E-state index in [0.717, 1.165) is 30.6 Å². The lowest BCUT2D eigenvalue weighted by Crippen LogP contribution is -2.57. The summed E-state index contributed by atoms with van der Waals surface area (Å²) in [6, 6.07) is 11.6. The number of anilines is 1. The van der Waals surface area contributed by atoms with Gasteiger partial charge in [-0.25, -0.2) is 0 Å². The molecular formula is C26H29N5O3. The first kappa shape index (κ1) is 21.3. The number of benzene rings is 1. The van der Waals surface area contributed by atoms with E-state index in [1.807, 2.05) is 29.2 Å². The zero-order valence-electron chi connectivity index (χ0n) is 19.2. The van der Waals surface area contributed by atoms with Crippen molar-refractivity contribution in [2.45, 2.75) is 37.3 Å². The number of para-hydroxylation sites is 1. The van der Waals surface area contributed by atoms with E-state index in [2.05, 4.69) is 15.2 Å². The smallest absolute Gasteiger partial charge is 0.254 e. The van der Waals surface area contributed by atoms with Crippen LogP contribution >= 0.6 is 0 Å². The maximum atomic E-state index is 14.3. The molecule has 0 aliphatic carbocycles. The minimum absolute atomic E-state index is 0.0184. The van der Waals surface area contributed by atoms with E-state index in [0.29, 0.717) is 44.6 Å². The molecule has 3 atom stereocenters. The van der Waals surface area contributed by atoms with Crippen LogP contribution in [0.4, 0.5) is 5.69 Å². The molecule has 8 heteroatoms. The summed E-state index contributed by atoms with van der Waals surface area (Å²) in [5.41, 5.74) is 1.44. The summed E-state index contributed by atoms with van der Waals surface area (Å²) in [5.74, 6) is -0.550. The van der Waals surface area contributed by atoms with Crippen molar-refractivity contribution >= 4 is 23.4 Å². The van der Waals surface area contributed by atoms with Crippen molar-refractivity contribution in [3.63, 3.8) is 0 Å². The van der Waals surface area contributed by atoms with Gasteiger partial charge in [0.05, 0.1) is 5.92 Å². The molecule has 0 saturated carbocycles. The van der Waals surface area contributed by atoms with E-state index in [-0.39, 0.29) is 23.8 Å². The quantitative estimate of drug-likeness (QED) is 0.703. The SMILES string of the molecule is O=C1NCCCN(C(=O)c2ccncc2)CCN2C(=O)[C@@]3(c4ccccc42)[C@@H]1C[C@@H]1CCCN13. The maximum absolute atomic E-state index is 14.3. The monoisotopic (exact) mass is 459 g/mol. The normalized spacial score (nSPS) is 29.1. The molecule has 2 bridgehead atoms. The second kappa shape index (κ2) is 8.20. The summed E-state index contributed by atoms with van der Waals surface area (Å²) in [5, 5.41) is 3.11. The van der Waals surface area contributed by atoms with Crippen molar-refractivity contribution in [2.24, 2.45) is 5.92 Å². The van der Waals surface area contributed by atoms with E-state index in [1.54, 1.807) is 29.4 Å². The van der Waals surface area contributed by atoms with Crippen LogP contribution in [0.2, 0.25) is 0 Å². The van der Waals surface area contributed by atoms with Crippen molar-refractivity contribution < 1.29 is 14.4 Å². The summed E-state index contributed by atoms with van der Waals surface area (Å²) in [7, 11) is 0. The lowest BCUT2D eigenvalue weighted by molar-refractivity contribution is -0.139. The number of hydrogen-bond donors (Lipinski definition) is 1. The number of carbonyl (C=O) groups excluding carboxylic acids is 3. The second-order valence-electron chi connectivity index (χ2n) is 9.69. The van der Waals surface area contributed by atoms with Crippen LogP contribution in [0.3, 0.4) is 0 Å². The number of fused-ring (bicyclic) bond motifs is 4. The fourth-order valence-electron chi connectivity index (χ4n) is 6.60. The molecule has 3 saturated heterocycles. The van der Waals surface area contributed by atoms with Gasteiger partial charge in [0.1, 0.15) is 5.54 Å². The Morgan fingerprint density at radius 3 is 2.68 bits per heavy atom. The summed E-state index contributed by atoms with van der Waals surface area (Å²) >= 11 is 0. The molecule has 0 radical (unpaired) electrons.